The van der Waals surface area contributed by atoms with Gasteiger partial charge in [-0.3, -0.25) is 4.90 Å². The van der Waals surface area contributed by atoms with Crippen molar-refractivity contribution < 1.29 is 4.74 Å². The number of morpholine rings is 1. The van der Waals surface area contributed by atoms with Crippen molar-refractivity contribution in [3.05, 3.63) is 0 Å². The number of hydrogen-bond acceptors (Lipinski definition) is 3. The van der Waals surface area contributed by atoms with Crippen LogP contribution in [0.4, 0.5) is 0 Å². The normalized spacial score (nSPS) is 29.2. The van der Waals surface area contributed by atoms with Gasteiger partial charge in [-0.15, -0.1) is 0 Å². The molecule has 0 aromatic rings. The highest BCUT2D eigenvalue weighted by Crippen LogP contribution is 2.42. The third kappa shape index (κ3) is 2.90. The van der Waals surface area contributed by atoms with Gasteiger partial charge in [0.1, 0.15) is 0 Å². The Kier molecular flexibility index (Phi) is 5.00. The molecule has 3 heteroatoms. The molecule has 0 aromatic heterocycles. The van der Waals surface area contributed by atoms with Gasteiger partial charge in [-0.05, 0) is 31.7 Å². The summed E-state index contributed by atoms with van der Waals surface area (Å²) < 4.78 is 5.60. The lowest BCUT2D eigenvalue weighted by Crippen LogP contribution is -2.63. The molecule has 2 saturated carbocycles. The van der Waals surface area contributed by atoms with Crippen LogP contribution in [0.3, 0.4) is 0 Å². The molecule has 3 rings (SSSR count). The average molecular weight is 280 g/mol. The largest absolute Gasteiger partial charge is 0.379 e. The number of rotatable bonds is 6. The minimum Gasteiger partial charge on any atom is -0.379 e. The van der Waals surface area contributed by atoms with E-state index in [1.165, 1.54) is 51.4 Å². The topological polar surface area (TPSA) is 24.5 Å². The van der Waals surface area contributed by atoms with Crippen molar-refractivity contribution in [3.8, 4) is 0 Å². The van der Waals surface area contributed by atoms with E-state index in [4.69, 9.17) is 4.74 Å². The van der Waals surface area contributed by atoms with Crippen LogP contribution in [-0.4, -0.2) is 49.3 Å². The van der Waals surface area contributed by atoms with E-state index in [0.717, 1.165) is 38.8 Å². The molecule has 1 N–H and O–H groups in total. The predicted octanol–water partition coefficient (Wildman–Crippen LogP) is 2.80. The molecule has 2 aliphatic carbocycles. The molecule has 0 bridgehead atoms. The molecule has 1 heterocycles. The lowest BCUT2D eigenvalue weighted by molar-refractivity contribution is -0.0403. The number of ether oxygens (including phenoxy) is 1. The lowest BCUT2D eigenvalue weighted by atomic mass is 9.74. The SMILES string of the molecule is CCNC(CC1CCC1)C1(N2CCOCC2)CCCC1. The fourth-order valence-corrected chi connectivity index (χ4v) is 4.68. The van der Waals surface area contributed by atoms with Crippen molar-refractivity contribution >= 4 is 0 Å². The number of nitrogens with zero attached hydrogens (tertiary/aromatic N) is 1. The average Bonchev–Trinajstić information content (AvgIpc) is 2.93. The second kappa shape index (κ2) is 6.76. The van der Waals surface area contributed by atoms with Gasteiger partial charge in [0.05, 0.1) is 13.2 Å². The van der Waals surface area contributed by atoms with Crippen LogP contribution < -0.4 is 5.32 Å². The molecule has 1 saturated heterocycles. The van der Waals surface area contributed by atoms with Crippen molar-refractivity contribution in [3.63, 3.8) is 0 Å². The molecule has 0 radical (unpaired) electrons. The van der Waals surface area contributed by atoms with Crippen LogP contribution in [-0.2, 0) is 4.74 Å². The molecule has 1 aliphatic heterocycles. The second-order valence-corrected chi connectivity index (χ2v) is 7.05. The monoisotopic (exact) mass is 280 g/mol. The molecular weight excluding hydrogens is 248 g/mol. The number of likely N-dealkylation sites (N-methyl/N-ethyl adjacent to an activating group) is 1. The minimum absolute atomic E-state index is 0.440. The highest BCUT2D eigenvalue weighted by Gasteiger charge is 2.46. The van der Waals surface area contributed by atoms with Crippen molar-refractivity contribution in [2.24, 2.45) is 5.92 Å². The summed E-state index contributed by atoms with van der Waals surface area (Å²) in [5.74, 6) is 0.998. The van der Waals surface area contributed by atoms with E-state index in [-0.39, 0.29) is 0 Å². The molecule has 0 amide bonds. The maximum Gasteiger partial charge on any atom is 0.0594 e. The van der Waals surface area contributed by atoms with Gasteiger partial charge >= 0.3 is 0 Å². The fraction of sp³-hybridized carbons (Fsp3) is 1.00. The van der Waals surface area contributed by atoms with E-state index in [9.17, 15) is 0 Å². The van der Waals surface area contributed by atoms with E-state index in [1.807, 2.05) is 0 Å². The first-order valence-corrected chi connectivity index (χ1v) is 8.91. The number of hydrogen-bond donors (Lipinski definition) is 1. The Labute approximate surface area is 124 Å². The molecular formula is C17H32N2O. The summed E-state index contributed by atoms with van der Waals surface area (Å²) in [6.45, 7) is 7.55. The molecule has 1 atom stereocenters. The Balaban J connectivity index is 1.73. The summed E-state index contributed by atoms with van der Waals surface area (Å²) in [4.78, 5) is 2.79. The van der Waals surface area contributed by atoms with Gasteiger partial charge in [-0.25, -0.2) is 0 Å². The van der Waals surface area contributed by atoms with E-state index < -0.39 is 0 Å². The second-order valence-electron chi connectivity index (χ2n) is 7.05. The lowest BCUT2D eigenvalue weighted by Gasteiger charge is -2.50. The van der Waals surface area contributed by atoms with Crippen molar-refractivity contribution in [1.29, 1.82) is 0 Å². The highest BCUT2D eigenvalue weighted by molar-refractivity contribution is 5.05. The molecule has 3 fully saturated rings. The fourth-order valence-electron chi connectivity index (χ4n) is 4.68. The Morgan fingerprint density at radius 2 is 1.85 bits per heavy atom. The zero-order valence-electron chi connectivity index (χ0n) is 13.2. The standard InChI is InChI=1S/C17H32N2O/c1-2-18-16(14-15-6-5-7-15)17(8-3-4-9-17)19-10-12-20-13-11-19/h15-16,18H,2-14H2,1H3. The van der Waals surface area contributed by atoms with Crippen molar-refractivity contribution in [2.75, 3.05) is 32.8 Å². The third-order valence-electron chi connectivity index (χ3n) is 6.00. The summed E-state index contributed by atoms with van der Waals surface area (Å²) in [5.41, 5.74) is 0.440. The predicted molar refractivity (Wildman–Crippen MR) is 83.0 cm³/mol. The van der Waals surface area contributed by atoms with Gasteiger partial charge in [-0.1, -0.05) is 39.0 Å². The Morgan fingerprint density at radius 1 is 1.15 bits per heavy atom. The first kappa shape index (κ1) is 14.8. The zero-order valence-corrected chi connectivity index (χ0v) is 13.2. The Hall–Kier alpha value is -0.120. The van der Waals surface area contributed by atoms with Gasteiger partial charge in [0.25, 0.3) is 0 Å². The molecule has 116 valence electrons. The van der Waals surface area contributed by atoms with E-state index >= 15 is 0 Å². The maximum atomic E-state index is 5.60. The van der Waals surface area contributed by atoms with Crippen LogP contribution in [0, 0.1) is 5.92 Å². The molecule has 20 heavy (non-hydrogen) atoms. The maximum absolute atomic E-state index is 5.60. The summed E-state index contributed by atoms with van der Waals surface area (Å²) in [7, 11) is 0. The van der Waals surface area contributed by atoms with Gasteiger partial charge in [0.15, 0.2) is 0 Å². The summed E-state index contributed by atoms with van der Waals surface area (Å²) in [6.07, 6.45) is 11.5. The Morgan fingerprint density at radius 3 is 2.40 bits per heavy atom. The first-order valence-electron chi connectivity index (χ1n) is 8.91. The van der Waals surface area contributed by atoms with E-state index in [0.29, 0.717) is 11.6 Å². The van der Waals surface area contributed by atoms with Gasteiger partial charge in [0, 0.05) is 24.7 Å². The molecule has 3 aliphatic rings. The molecule has 0 aromatic carbocycles. The van der Waals surface area contributed by atoms with E-state index in [2.05, 4.69) is 17.1 Å². The van der Waals surface area contributed by atoms with Gasteiger partial charge in [0.2, 0.25) is 0 Å². The minimum atomic E-state index is 0.440. The van der Waals surface area contributed by atoms with Crippen LogP contribution in [0.15, 0.2) is 0 Å². The van der Waals surface area contributed by atoms with Crippen LogP contribution in [0.5, 0.6) is 0 Å². The van der Waals surface area contributed by atoms with Gasteiger partial charge < -0.3 is 10.1 Å². The van der Waals surface area contributed by atoms with Crippen LogP contribution in [0.1, 0.15) is 58.3 Å². The highest BCUT2D eigenvalue weighted by atomic mass is 16.5. The molecule has 1 unspecified atom stereocenters. The molecule has 0 spiro atoms. The zero-order chi connectivity index (χ0) is 13.8. The number of nitrogens with one attached hydrogen (secondary N) is 1. The molecule has 3 nitrogen and oxygen atoms in total. The van der Waals surface area contributed by atoms with Crippen LogP contribution in [0.25, 0.3) is 0 Å². The van der Waals surface area contributed by atoms with Crippen molar-refractivity contribution in [1.82, 2.24) is 10.2 Å². The quantitative estimate of drug-likeness (QED) is 0.810. The van der Waals surface area contributed by atoms with Gasteiger partial charge in [-0.2, -0.15) is 0 Å². The first-order chi connectivity index (χ1) is 9.85. The summed E-state index contributed by atoms with van der Waals surface area (Å²) in [5, 5.41) is 3.88. The smallest absolute Gasteiger partial charge is 0.0594 e. The van der Waals surface area contributed by atoms with Crippen molar-refractivity contribution in [2.45, 2.75) is 69.9 Å². The van der Waals surface area contributed by atoms with Crippen LogP contribution in [0.2, 0.25) is 0 Å². The van der Waals surface area contributed by atoms with E-state index in [1.54, 1.807) is 0 Å². The Bertz CT molecular complexity index is 291. The third-order valence-corrected chi connectivity index (χ3v) is 6.00. The van der Waals surface area contributed by atoms with Crippen LogP contribution >= 0.6 is 0 Å². The summed E-state index contributed by atoms with van der Waals surface area (Å²) >= 11 is 0. The summed E-state index contributed by atoms with van der Waals surface area (Å²) in [6, 6.07) is 0.707.